The molecule has 46 heavy (non-hydrogen) atoms. The Bertz CT molecular complexity index is 1630. The third kappa shape index (κ3) is 6.56. The zero-order chi connectivity index (χ0) is 33.2. The average Bonchev–Trinajstić information content (AvgIpc) is 3.28. The van der Waals surface area contributed by atoms with E-state index < -0.39 is 21.9 Å². The Morgan fingerprint density at radius 1 is 0.957 bits per heavy atom. The predicted molar refractivity (Wildman–Crippen MR) is 193 cm³/mol. The topological polar surface area (TPSA) is 65.5 Å². The van der Waals surface area contributed by atoms with Gasteiger partial charge in [-0.1, -0.05) is 59.1 Å². The van der Waals surface area contributed by atoms with Crippen LogP contribution in [0.5, 0.6) is 5.75 Å². The molecule has 0 N–H and O–H groups in total. The molecule has 0 bridgehead atoms. The summed E-state index contributed by atoms with van der Waals surface area (Å²) < 4.78 is 19.0. The molecule has 7 nitrogen and oxygen atoms in total. The van der Waals surface area contributed by atoms with Crippen molar-refractivity contribution in [2.75, 3.05) is 57.6 Å². The molecule has 12 heteroatoms. The standard InChI is InChI=1S/C34H39Cl3N4O3S2/c1-6-44-29-22-28(37)30(46(5)43)21-27(29)31-38-33(2,23-7-11-25(35)12-8-23)34(3,24-9-13-26(36)14-10-24)41(31)32(42)40-17-15-39(16-18-40)19-20-45-4/h7-14,21-22H,6,15-20H2,1-5H3. The number of halogens is 3. The number of carbonyl (C=O) groups excluding carboxylic acids is 1. The first-order valence-corrected chi connectivity index (χ1v) is 19.3. The number of hydrogen-bond acceptors (Lipinski definition) is 6. The van der Waals surface area contributed by atoms with Crippen molar-refractivity contribution in [2.24, 2.45) is 4.99 Å². The van der Waals surface area contributed by atoms with E-state index in [2.05, 4.69) is 11.2 Å². The Morgan fingerprint density at radius 2 is 1.54 bits per heavy atom. The van der Waals surface area contributed by atoms with Gasteiger partial charge >= 0.3 is 6.03 Å². The van der Waals surface area contributed by atoms with E-state index in [1.165, 1.54) is 0 Å². The van der Waals surface area contributed by atoms with E-state index in [9.17, 15) is 4.21 Å². The Kier molecular flexibility index (Phi) is 11.0. The van der Waals surface area contributed by atoms with Gasteiger partial charge in [-0.3, -0.25) is 19.0 Å². The molecule has 2 aliphatic rings. The number of carbonyl (C=O) groups is 1. The van der Waals surface area contributed by atoms with Gasteiger partial charge in [-0.15, -0.1) is 0 Å². The van der Waals surface area contributed by atoms with Crippen molar-refractivity contribution in [2.45, 2.75) is 36.7 Å². The Labute approximate surface area is 293 Å². The summed E-state index contributed by atoms with van der Waals surface area (Å²) in [5.74, 6) is 1.92. The van der Waals surface area contributed by atoms with E-state index in [4.69, 9.17) is 44.5 Å². The van der Waals surface area contributed by atoms with Gasteiger partial charge in [0.1, 0.15) is 22.7 Å². The molecule has 2 aliphatic heterocycles. The largest absolute Gasteiger partial charge is 0.493 e. The number of urea groups is 1. The van der Waals surface area contributed by atoms with Crippen LogP contribution < -0.4 is 4.74 Å². The first-order chi connectivity index (χ1) is 21.9. The second-order valence-electron chi connectivity index (χ2n) is 11.7. The number of hydrogen-bond donors (Lipinski definition) is 0. The highest BCUT2D eigenvalue weighted by molar-refractivity contribution is 7.98. The van der Waals surface area contributed by atoms with Gasteiger partial charge < -0.3 is 9.64 Å². The van der Waals surface area contributed by atoms with Crippen LogP contribution in [-0.4, -0.2) is 88.4 Å². The second kappa shape index (κ2) is 14.5. The van der Waals surface area contributed by atoms with E-state index in [1.54, 1.807) is 23.3 Å². The van der Waals surface area contributed by atoms with Crippen LogP contribution in [-0.2, 0) is 21.9 Å². The minimum Gasteiger partial charge on any atom is -0.493 e. The summed E-state index contributed by atoms with van der Waals surface area (Å²) in [6.45, 7) is 10.0. The maximum absolute atomic E-state index is 15.1. The Morgan fingerprint density at radius 3 is 2.09 bits per heavy atom. The van der Waals surface area contributed by atoms with Gasteiger partial charge in [-0.05, 0) is 68.5 Å². The average molecular weight is 722 g/mol. The van der Waals surface area contributed by atoms with Crippen LogP contribution in [0.1, 0.15) is 37.5 Å². The number of benzene rings is 3. The molecule has 0 saturated carbocycles. The third-order valence-corrected chi connectivity index (χ3v) is 11.6. The zero-order valence-electron chi connectivity index (χ0n) is 26.7. The molecule has 2 heterocycles. The summed E-state index contributed by atoms with van der Waals surface area (Å²) in [4.78, 5) is 27.1. The highest BCUT2D eigenvalue weighted by atomic mass is 35.5. The molecule has 0 aromatic heterocycles. The maximum atomic E-state index is 15.1. The Balaban J connectivity index is 1.75. The number of thioether (sulfide) groups is 1. The number of amidine groups is 1. The van der Waals surface area contributed by atoms with Gasteiger partial charge in [0, 0.05) is 60.8 Å². The predicted octanol–water partition coefficient (Wildman–Crippen LogP) is 7.78. The van der Waals surface area contributed by atoms with Gasteiger partial charge in [-0.2, -0.15) is 11.8 Å². The highest BCUT2D eigenvalue weighted by Gasteiger charge is 2.60. The Hall–Kier alpha value is -2.27. The van der Waals surface area contributed by atoms with E-state index in [1.807, 2.05) is 86.0 Å². The van der Waals surface area contributed by atoms with Crippen molar-refractivity contribution in [3.05, 3.63) is 92.4 Å². The lowest BCUT2D eigenvalue weighted by atomic mass is 9.71. The molecule has 3 unspecified atom stereocenters. The van der Waals surface area contributed by atoms with Crippen LogP contribution in [0.3, 0.4) is 0 Å². The molecule has 0 aliphatic carbocycles. The molecule has 0 radical (unpaired) electrons. The summed E-state index contributed by atoms with van der Waals surface area (Å²) in [7, 11) is -1.40. The van der Waals surface area contributed by atoms with Crippen molar-refractivity contribution in [3.63, 3.8) is 0 Å². The second-order valence-corrected chi connectivity index (χ2v) is 15.3. The fourth-order valence-corrected chi connectivity index (χ4v) is 8.09. The molecule has 2 amide bonds. The first-order valence-electron chi connectivity index (χ1n) is 15.2. The van der Waals surface area contributed by atoms with Crippen LogP contribution >= 0.6 is 46.6 Å². The van der Waals surface area contributed by atoms with E-state index in [0.29, 0.717) is 56.8 Å². The molecule has 3 aromatic carbocycles. The van der Waals surface area contributed by atoms with Gasteiger partial charge in [0.25, 0.3) is 0 Å². The summed E-state index contributed by atoms with van der Waals surface area (Å²) >= 11 is 21.2. The first kappa shape index (κ1) is 35.0. The summed E-state index contributed by atoms with van der Waals surface area (Å²) in [5.41, 5.74) is 0.232. The number of ether oxygens (including phenoxy) is 1. The van der Waals surface area contributed by atoms with E-state index in [-0.39, 0.29) is 6.03 Å². The summed E-state index contributed by atoms with van der Waals surface area (Å²) in [5, 5.41) is 1.51. The normalized spacial score (nSPS) is 22.6. The third-order valence-electron chi connectivity index (χ3n) is 9.08. The maximum Gasteiger partial charge on any atom is 0.326 e. The van der Waals surface area contributed by atoms with Gasteiger partial charge in [0.15, 0.2) is 0 Å². The molecular weight excluding hydrogens is 683 g/mol. The smallest absolute Gasteiger partial charge is 0.326 e. The summed E-state index contributed by atoms with van der Waals surface area (Å²) in [6.07, 6.45) is 3.69. The van der Waals surface area contributed by atoms with Crippen LogP contribution in [0, 0.1) is 0 Å². The van der Waals surface area contributed by atoms with E-state index in [0.717, 1.165) is 36.5 Å². The number of nitrogens with zero attached hydrogens (tertiary/aromatic N) is 4. The lowest BCUT2D eigenvalue weighted by molar-refractivity contribution is 0.0881. The van der Waals surface area contributed by atoms with E-state index >= 15 is 4.79 Å². The number of amides is 2. The fraction of sp³-hybridized carbons (Fsp3) is 0.412. The number of piperazine rings is 1. The van der Waals surface area contributed by atoms with Crippen LogP contribution in [0.25, 0.3) is 0 Å². The molecule has 5 rings (SSSR count). The van der Waals surface area contributed by atoms with Crippen molar-refractivity contribution < 1.29 is 13.7 Å². The van der Waals surface area contributed by atoms with Crippen molar-refractivity contribution in [1.29, 1.82) is 0 Å². The lowest BCUT2D eigenvalue weighted by Gasteiger charge is -2.47. The lowest BCUT2D eigenvalue weighted by Crippen LogP contribution is -2.60. The molecule has 3 atom stereocenters. The fourth-order valence-electron chi connectivity index (χ4n) is 6.30. The molecule has 1 fully saturated rings. The molecule has 0 spiro atoms. The van der Waals surface area contributed by atoms with Gasteiger partial charge in [0.2, 0.25) is 0 Å². The molecule has 1 saturated heterocycles. The molecular formula is C34H39Cl3N4O3S2. The van der Waals surface area contributed by atoms with Crippen LogP contribution in [0.15, 0.2) is 70.6 Å². The van der Waals surface area contributed by atoms with Crippen LogP contribution in [0.2, 0.25) is 15.1 Å². The summed E-state index contributed by atoms with van der Waals surface area (Å²) in [6, 6.07) is 18.4. The van der Waals surface area contributed by atoms with Gasteiger partial charge in [-0.25, -0.2) is 4.79 Å². The minimum atomic E-state index is -1.40. The van der Waals surface area contributed by atoms with Crippen molar-refractivity contribution in [3.8, 4) is 5.75 Å². The van der Waals surface area contributed by atoms with Crippen LogP contribution in [0.4, 0.5) is 4.79 Å². The molecule has 3 aromatic rings. The number of aliphatic imine (C=N–C) groups is 1. The monoisotopic (exact) mass is 720 g/mol. The molecule has 246 valence electrons. The SMILES string of the molecule is CCOc1cc(Cl)c(S(C)=O)cc1C1=NC(C)(c2ccc(Cl)cc2)C(C)(c2ccc(Cl)cc2)N1C(=O)N1CCN(CCSC)CC1. The quantitative estimate of drug-likeness (QED) is 0.226. The van der Waals surface area contributed by atoms with Crippen molar-refractivity contribution >= 4 is 69.2 Å². The van der Waals surface area contributed by atoms with Gasteiger partial charge in [0.05, 0.1) is 32.9 Å². The zero-order valence-corrected chi connectivity index (χ0v) is 30.6. The number of rotatable bonds is 9. The highest BCUT2D eigenvalue weighted by Crippen LogP contribution is 2.54. The van der Waals surface area contributed by atoms with Crippen molar-refractivity contribution in [1.82, 2.24) is 14.7 Å². The minimum absolute atomic E-state index is 0.171.